The predicted octanol–water partition coefficient (Wildman–Crippen LogP) is 2.67. The van der Waals surface area contributed by atoms with Gasteiger partial charge in [0.25, 0.3) is 0 Å². The molecule has 1 aliphatic carbocycles. The molecule has 2 aliphatic rings. The molecule has 3 rings (SSSR count). The number of rotatable bonds is 1. The van der Waals surface area contributed by atoms with Gasteiger partial charge in [-0.15, -0.1) is 0 Å². The fourth-order valence-electron chi connectivity index (χ4n) is 3.21. The van der Waals surface area contributed by atoms with Crippen LogP contribution < -0.4 is 4.90 Å². The van der Waals surface area contributed by atoms with Crippen LogP contribution in [0.1, 0.15) is 31.2 Å². The van der Waals surface area contributed by atoms with Crippen molar-refractivity contribution in [3.8, 4) is 0 Å². The number of hydrogen-bond donors (Lipinski definition) is 0. The summed E-state index contributed by atoms with van der Waals surface area (Å²) in [6.07, 6.45) is 3.89. The molecule has 2 amide bonds. The van der Waals surface area contributed by atoms with E-state index in [0.29, 0.717) is 0 Å². The average molecular weight is 243 g/mol. The van der Waals surface area contributed by atoms with Gasteiger partial charge in [0, 0.05) is 0 Å². The van der Waals surface area contributed by atoms with Crippen LogP contribution in [0.4, 0.5) is 5.69 Å². The number of carbonyl (C=O) groups is 2. The molecule has 1 saturated carbocycles. The monoisotopic (exact) mass is 243 g/mol. The van der Waals surface area contributed by atoms with Gasteiger partial charge in [0.1, 0.15) is 0 Å². The Hall–Kier alpha value is -1.64. The van der Waals surface area contributed by atoms with Crippen LogP contribution in [0, 0.1) is 18.8 Å². The Labute approximate surface area is 107 Å². The first-order valence-corrected chi connectivity index (χ1v) is 6.63. The number of aryl methyl sites for hydroxylation is 1. The van der Waals surface area contributed by atoms with Crippen molar-refractivity contribution in [2.45, 2.75) is 32.6 Å². The van der Waals surface area contributed by atoms with Gasteiger partial charge in [0.2, 0.25) is 11.8 Å². The summed E-state index contributed by atoms with van der Waals surface area (Å²) in [6, 6.07) is 7.61. The number of nitrogens with zero attached hydrogens (tertiary/aromatic N) is 1. The summed E-state index contributed by atoms with van der Waals surface area (Å²) in [4.78, 5) is 26.2. The number of anilines is 1. The number of benzene rings is 1. The van der Waals surface area contributed by atoms with E-state index in [1.807, 2.05) is 31.2 Å². The van der Waals surface area contributed by atoms with Gasteiger partial charge < -0.3 is 0 Å². The minimum atomic E-state index is -0.0640. The Morgan fingerprint density at radius 3 is 2.11 bits per heavy atom. The fraction of sp³-hybridized carbons (Fsp3) is 0.467. The number of imide groups is 1. The lowest BCUT2D eigenvalue weighted by Gasteiger charge is -2.19. The predicted molar refractivity (Wildman–Crippen MR) is 69.1 cm³/mol. The third-order valence-corrected chi connectivity index (χ3v) is 4.20. The Morgan fingerprint density at radius 2 is 1.56 bits per heavy atom. The van der Waals surface area contributed by atoms with E-state index in [4.69, 9.17) is 0 Å². The molecule has 94 valence electrons. The molecule has 0 bridgehead atoms. The molecule has 1 aromatic carbocycles. The number of hydrogen-bond acceptors (Lipinski definition) is 2. The second-order valence-corrected chi connectivity index (χ2v) is 5.30. The van der Waals surface area contributed by atoms with Crippen LogP contribution in [0.2, 0.25) is 0 Å². The van der Waals surface area contributed by atoms with Crippen molar-refractivity contribution in [1.29, 1.82) is 0 Å². The molecule has 3 heteroatoms. The van der Waals surface area contributed by atoms with Gasteiger partial charge in [-0.2, -0.15) is 0 Å². The van der Waals surface area contributed by atoms with Crippen LogP contribution in [0.3, 0.4) is 0 Å². The van der Waals surface area contributed by atoms with E-state index in [1.165, 1.54) is 4.90 Å². The molecular weight excluding hydrogens is 226 g/mol. The number of para-hydroxylation sites is 1. The van der Waals surface area contributed by atoms with Gasteiger partial charge in [0.15, 0.2) is 0 Å². The summed E-state index contributed by atoms with van der Waals surface area (Å²) in [5, 5.41) is 0. The van der Waals surface area contributed by atoms with E-state index in [2.05, 4.69) is 0 Å². The molecule has 0 unspecified atom stereocenters. The largest absolute Gasteiger partial charge is 0.274 e. The molecule has 1 aliphatic heterocycles. The summed E-state index contributed by atoms with van der Waals surface area (Å²) in [6.45, 7) is 1.94. The summed E-state index contributed by atoms with van der Waals surface area (Å²) in [7, 11) is 0. The van der Waals surface area contributed by atoms with E-state index in [-0.39, 0.29) is 23.7 Å². The molecule has 0 N–H and O–H groups in total. The zero-order valence-electron chi connectivity index (χ0n) is 10.6. The Balaban J connectivity index is 2.00. The third-order valence-electron chi connectivity index (χ3n) is 4.20. The molecule has 0 aromatic heterocycles. The van der Waals surface area contributed by atoms with Gasteiger partial charge in [-0.05, 0) is 31.4 Å². The lowest BCUT2D eigenvalue weighted by molar-refractivity contribution is -0.122. The first-order valence-electron chi connectivity index (χ1n) is 6.63. The molecule has 0 spiro atoms. The van der Waals surface area contributed by atoms with Crippen LogP contribution in [0.5, 0.6) is 0 Å². The topological polar surface area (TPSA) is 37.4 Å². The van der Waals surface area contributed by atoms with Gasteiger partial charge in [-0.25, -0.2) is 4.90 Å². The number of carbonyl (C=O) groups excluding carboxylic acids is 2. The van der Waals surface area contributed by atoms with Gasteiger partial charge in [-0.3, -0.25) is 9.59 Å². The molecule has 1 saturated heterocycles. The van der Waals surface area contributed by atoms with Crippen molar-refractivity contribution >= 4 is 17.5 Å². The standard InChI is InChI=1S/C15H17NO2/c1-10-6-2-5-9-13(10)16-14(17)11-7-3-4-8-12(11)15(16)18/h2,5-6,9,11-12H,3-4,7-8H2,1H3/t11-,12-/m1/s1. The summed E-state index contributed by atoms with van der Waals surface area (Å²) < 4.78 is 0. The molecule has 2 atom stereocenters. The van der Waals surface area contributed by atoms with Crippen molar-refractivity contribution in [3.63, 3.8) is 0 Å². The van der Waals surface area contributed by atoms with E-state index in [9.17, 15) is 9.59 Å². The Morgan fingerprint density at radius 1 is 1.00 bits per heavy atom. The summed E-state index contributed by atoms with van der Waals surface area (Å²) >= 11 is 0. The van der Waals surface area contributed by atoms with Crippen molar-refractivity contribution < 1.29 is 9.59 Å². The Kier molecular flexibility index (Phi) is 2.69. The van der Waals surface area contributed by atoms with Crippen molar-refractivity contribution in [3.05, 3.63) is 29.8 Å². The van der Waals surface area contributed by atoms with Crippen LogP contribution in [0.25, 0.3) is 0 Å². The van der Waals surface area contributed by atoms with E-state index in [1.54, 1.807) is 0 Å². The summed E-state index contributed by atoms with van der Waals surface area (Å²) in [5.41, 5.74) is 1.75. The molecule has 1 heterocycles. The Bertz CT molecular complexity index is 485. The van der Waals surface area contributed by atoms with E-state index in [0.717, 1.165) is 36.9 Å². The summed E-state index contributed by atoms with van der Waals surface area (Å²) in [5.74, 6) is -0.102. The smallest absolute Gasteiger partial charge is 0.237 e. The number of fused-ring (bicyclic) bond motifs is 1. The quantitative estimate of drug-likeness (QED) is 0.711. The highest BCUT2D eigenvalue weighted by Gasteiger charge is 2.48. The maximum atomic E-state index is 12.4. The lowest BCUT2D eigenvalue weighted by atomic mass is 9.81. The molecule has 3 nitrogen and oxygen atoms in total. The normalized spacial score (nSPS) is 27.5. The highest BCUT2D eigenvalue weighted by Crippen LogP contribution is 2.40. The molecule has 0 radical (unpaired) electrons. The molecule has 2 fully saturated rings. The molecule has 18 heavy (non-hydrogen) atoms. The fourth-order valence-corrected chi connectivity index (χ4v) is 3.21. The first kappa shape index (κ1) is 11.5. The maximum Gasteiger partial charge on any atom is 0.237 e. The number of amides is 2. The van der Waals surface area contributed by atoms with E-state index < -0.39 is 0 Å². The van der Waals surface area contributed by atoms with Crippen molar-refractivity contribution in [1.82, 2.24) is 0 Å². The SMILES string of the molecule is Cc1ccccc1N1C(=O)[C@@H]2CCCC[C@H]2C1=O. The molecular formula is C15H17NO2. The van der Waals surface area contributed by atoms with E-state index >= 15 is 0 Å². The van der Waals surface area contributed by atoms with Crippen LogP contribution in [-0.4, -0.2) is 11.8 Å². The van der Waals surface area contributed by atoms with Crippen molar-refractivity contribution in [2.24, 2.45) is 11.8 Å². The first-order chi connectivity index (χ1) is 8.70. The van der Waals surface area contributed by atoms with Crippen LogP contribution in [-0.2, 0) is 9.59 Å². The molecule has 1 aromatic rings. The zero-order chi connectivity index (χ0) is 12.7. The second-order valence-electron chi connectivity index (χ2n) is 5.30. The zero-order valence-corrected chi connectivity index (χ0v) is 10.6. The van der Waals surface area contributed by atoms with Crippen LogP contribution in [0.15, 0.2) is 24.3 Å². The van der Waals surface area contributed by atoms with Crippen LogP contribution >= 0.6 is 0 Å². The minimum absolute atomic E-state index is 0.0130. The highest BCUT2D eigenvalue weighted by molar-refractivity contribution is 6.22. The second kappa shape index (κ2) is 4.23. The van der Waals surface area contributed by atoms with Gasteiger partial charge in [0.05, 0.1) is 17.5 Å². The minimum Gasteiger partial charge on any atom is -0.274 e. The average Bonchev–Trinajstić information content (AvgIpc) is 2.64. The third kappa shape index (κ3) is 1.57. The van der Waals surface area contributed by atoms with Gasteiger partial charge in [-0.1, -0.05) is 31.0 Å². The van der Waals surface area contributed by atoms with Gasteiger partial charge >= 0.3 is 0 Å². The van der Waals surface area contributed by atoms with Crippen molar-refractivity contribution in [2.75, 3.05) is 4.90 Å². The highest BCUT2D eigenvalue weighted by atomic mass is 16.2. The maximum absolute atomic E-state index is 12.4. The lowest BCUT2D eigenvalue weighted by Crippen LogP contribution is -2.31.